The van der Waals surface area contributed by atoms with Crippen molar-refractivity contribution in [2.75, 3.05) is 19.7 Å². The maximum absolute atomic E-state index is 5.89. The SMILES string of the molecule is CC1(C)O[B-]2(COCCO2)OC1(C)C.[Na+]. The van der Waals surface area contributed by atoms with E-state index >= 15 is 0 Å². The molecule has 1 spiro atoms. The fourth-order valence-electron chi connectivity index (χ4n) is 1.90. The maximum atomic E-state index is 5.89. The van der Waals surface area contributed by atoms with Crippen molar-refractivity contribution in [1.82, 2.24) is 0 Å². The molecule has 6 heteroatoms. The van der Waals surface area contributed by atoms with Crippen molar-refractivity contribution < 1.29 is 48.3 Å². The summed E-state index contributed by atoms with van der Waals surface area (Å²) in [6, 6.07) is 0. The molecular formula is C9H18BNaO4. The van der Waals surface area contributed by atoms with Gasteiger partial charge in [-0.2, -0.15) is 0 Å². The first-order chi connectivity index (χ1) is 6.37. The Labute approximate surface area is 113 Å². The molecule has 2 aliphatic rings. The third kappa shape index (κ3) is 2.44. The summed E-state index contributed by atoms with van der Waals surface area (Å²) < 4.78 is 22.7. The van der Waals surface area contributed by atoms with Gasteiger partial charge in [0.25, 0.3) is 0 Å². The normalized spacial score (nSPS) is 31.2. The molecule has 0 radical (unpaired) electrons. The van der Waals surface area contributed by atoms with E-state index in [9.17, 15) is 0 Å². The van der Waals surface area contributed by atoms with Crippen LogP contribution in [0.3, 0.4) is 0 Å². The molecule has 2 fully saturated rings. The quantitative estimate of drug-likeness (QED) is 0.451. The Balaban J connectivity index is 0.00000112. The zero-order valence-corrected chi connectivity index (χ0v) is 12.3. The fourth-order valence-corrected chi connectivity index (χ4v) is 1.90. The van der Waals surface area contributed by atoms with E-state index in [1.165, 1.54) is 0 Å². The van der Waals surface area contributed by atoms with Gasteiger partial charge in [0.2, 0.25) is 0 Å². The summed E-state index contributed by atoms with van der Waals surface area (Å²) in [6.45, 7) is 7.97. The Bertz CT molecular complexity index is 220. The molecule has 2 heterocycles. The molecule has 0 aromatic heterocycles. The van der Waals surface area contributed by atoms with Crippen LogP contribution in [0.15, 0.2) is 0 Å². The molecule has 0 unspecified atom stereocenters. The minimum absolute atomic E-state index is 0. The molecule has 2 rings (SSSR count). The van der Waals surface area contributed by atoms with Crippen LogP contribution in [0.5, 0.6) is 0 Å². The number of ether oxygens (including phenoxy) is 1. The van der Waals surface area contributed by atoms with E-state index < -0.39 is 6.75 Å². The van der Waals surface area contributed by atoms with Gasteiger partial charge in [0.05, 0.1) is 6.61 Å². The first-order valence-corrected chi connectivity index (χ1v) is 5.14. The third-order valence-corrected chi connectivity index (χ3v) is 3.32. The van der Waals surface area contributed by atoms with E-state index in [2.05, 4.69) is 0 Å². The van der Waals surface area contributed by atoms with Gasteiger partial charge in [-0.3, -0.25) is 0 Å². The van der Waals surface area contributed by atoms with Crippen LogP contribution in [0, 0.1) is 0 Å². The van der Waals surface area contributed by atoms with Crippen LogP contribution in [0.1, 0.15) is 27.7 Å². The predicted molar refractivity (Wildman–Crippen MR) is 52.9 cm³/mol. The van der Waals surface area contributed by atoms with Crippen LogP contribution in [0.4, 0.5) is 0 Å². The number of hydrogen-bond donors (Lipinski definition) is 0. The van der Waals surface area contributed by atoms with Crippen molar-refractivity contribution in [2.45, 2.75) is 38.9 Å². The largest absolute Gasteiger partial charge is 1.00 e. The Kier molecular flexibility index (Phi) is 4.00. The summed E-state index contributed by atoms with van der Waals surface area (Å²) in [7, 11) is 0. The van der Waals surface area contributed by atoms with E-state index in [0.717, 1.165) is 0 Å². The van der Waals surface area contributed by atoms with E-state index in [4.69, 9.17) is 18.7 Å². The van der Waals surface area contributed by atoms with Crippen LogP contribution >= 0.6 is 0 Å². The predicted octanol–water partition coefficient (Wildman–Crippen LogP) is -1.88. The summed E-state index contributed by atoms with van der Waals surface area (Å²) in [5.74, 6) is 0. The first-order valence-electron chi connectivity index (χ1n) is 5.14. The van der Waals surface area contributed by atoms with Crippen LogP contribution in [-0.2, 0) is 18.7 Å². The molecule has 15 heavy (non-hydrogen) atoms. The monoisotopic (exact) mass is 224 g/mol. The second-order valence-corrected chi connectivity index (χ2v) is 4.99. The van der Waals surface area contributed by atoms with Crippen molar-refractivity contribution in [2.24, 2.45) is 0 Å². The summed E-state index contributed by atoms with van der Waals surface area (Å²) in [4.78, 5) is 0. The Hall–Kier alpha value is 0.905. The average Bonchev–Trinajstić information content (AvgIpc) is 2.18. The zero-order chi connectivity index (χ0) is 10.4. The van der Waals surface area contributed by atoms with Crippen LogP contribution < -0.4 is 29.6 Å². The summed E-state index contributed by atoms with van der Waals surface area (Å²) >= 11 is 0. The minimum Gasteiger partial charge on any atom is -0.541 e. The molecule has 0 atom stereocenters. The van der Waals surface area contributed by atoms with Gasteiger partial charge in [-0.05, 0) is 27.7 Å². The van der Waals surface area contributed by atoms with Gasteiger partial charge < -0.3 is 18.7 Å². The molecule has 82 valence electrons. The second kappa shape index (κ2) is 4.29. The Morgan fingerprint density at radius 1 is 0.933 bits per heavy atom. The average molecular weight is 224 g/mol. The molecule has 4 nitrogen and oxygen atoms in total. The Morgan fingerprint density at radius 3 is 1.87 bits per heavy atom. The van der Waals surface area contributed by atoms with Gasteiger partial charge >= 0.3 is 36.3 Å². The van der Waals surface area contributed by atoms with E-state index in [-0.39, 0.29) is 40.8 Å². The van der Waals surface area contributed by atoms with Crippen LogP contribution in [0.2, 0.25) is 0 Å². The van der Waals surface area contributed by atoms with Gasteiger partial charge in [-0.15, -0.1) is 0 Å². The zero-order valence-electron chi connectivity index (χ0n) is 10.3. The fraction of sp³-hybridized carbons (Fsp3) is 1.00. The number of hydrogen-bond acceptors (Lipinski definition) is 4. The number of rotatable bonds is 0. The van der Waals surface area contributed by atoms with Crippen molar-refractivity contribution in [3.05, 3.63) is 0 Å². The summed E-state index contributed by atoms with van der Waals surface area (Å²) in [6.07, 6.45) is 0. The van der Waals surface area contributed by atoms with Gasteiger partial charge in [-0.25, -0.2) is 0 Å². The van der Waals surface area contributed by atoms with Gasteiger partial charge in [-0.1, -0.05) is 0 Å². The molecule has 0 aliphatic carbocycles. The first kappa shape index (κ1) is 14.0. The third-order valence-electron chi connectivity index (χ3n) is 3.32. The molecule has 0 aromatic rings. The van der Waals surface area contributed by atoms with Gasteiger partial charge in [0, 0.05) is 24.3 Å². The van der Waals surface area contributed by atoms with Crippen molar-refractivity contribution in [1.29, 1.82) is 0 Å². The van der Waals surface area contributed by atoms with E-state index in [1.54, 1.807) is 0 Å². The topological polar surface area (TPSA) is 36.9 Å². The molecule has 0 bridgehead atoms. The molecule has 0 amide bonds. The molecule has 0 aromatic carbocycles. The smallest absolute Gasteiger partial charge is 0.541 e. The molecular weight excluding hydrogens is 206 g/mol. The van der Waals surface area contributed by atoms with Crippen LogP contribution in [-0.4, -0.2) is 37.7 Å². The molecule has 0 N–H and O–H groups in total. The van der Waals surface area contributed by atoms with Crippen LogP contribution in [0.25, 0.3) is 0 Å². The van der Waals surface area contributed by atoms with Crippen molar-refractivity contribution in [3.8, 4) is 0 Å². The second-order valence-electron chi connectivity index (χ2n) is 4.99. The van der Waals surface area contributed by atoms with Gasteiger partial charge in [0.15, 0.2) is 0 Å². The maximum Gasteiger partial charge on any atom is 1.00 e. The summed E-state index contributed by atoms with van der Waals surface area (Å²) in [5.41, 5.74) is -0.679. The standard InChI is InChI=1S/C9H18BO4.Na/c1-8(2)9(3,4)14-10(13-8)7-11-5-6-12-10;/h5-7H2,1-4H3;/q-1;+1. The molecule has 0 saturated carbocycles. The van der Waals surface area contributed by atoms with Gasteiger partial charge in [0.1, 0.15) is 0 Å². The van der Waals surface area contributed by atoms with Crippen molar-refractivity contribution in [3.63, 3.8) is 0 Å². The van der Waals surface area contributed by atoms with Crippen molar-refractivity contribution >= 4 is 6.75 Å². The molecule has 2 aliphatic heterocycles. The summed E-state index contributed by atoms with van der Waals surface area (Å²) in [5, 5.41) is 0. The van der Waals surface area contributed by atoms with E-state index in [0.29, 0.717) is 19.7 Å². The molecule has 2 saturated heterocycles. The Morgan fingerprint density at radius 2 is 1.47 bits per heavy atom. The minimum atomic E-state index is -1.67. The van der Waals surface area contributed by atoms with E-state index in [1.807, 2.05) is 27.7 Å².